The van der Waals surface area contributed by atoms with Gasteiger partial charge < -0.3 is 9.84 Å². The predicted molar refractivity (Wildman–Crippen MR) is 172 cm³/mol. The Bertz CT molecular complexity index is 533. The number of carbonyl (C=O) groups is 2. The maximum Gasteiger partial charge on any atom is 0.306 e. The Morgan fingerprint density at radius 2 is 0.800 bits per heavy atom. The van der Waals surface area contributed by atoms with Crippen molar-refractivity contribution in [3.05, 3.63) is 0 Å². The van der Waals surface area contributed by atoms with Gasteiger partial charge in [0.2, 0.25) is 0 Å². The molecule has 4 heteroatoms. The maximum absolute atomic E-state index is 12.2. The van der Waals surface area contributed by atoms with E-state index in [9.17, 15) is 9.59 Å². The van der Waals surface area contributed by atoms with E-state index in [1.807, 2.05) is 0 Å². The number of rotatable bonds is 33. The lowest BCUT2D eigenvalue weighted by Gasteiger charge is -2.16. The molecule has 0 aliphatic rings. The second-order valence-electron chi connectivity index (χ2n) is 12.4. The molecule has 1 atom stereocenters. The number of carboxylic acid groups (broad SMARTS) is 1. The van der Waals surface area contributed by atoms with Crippen molar-refractivity contribution >= 4 is 11.9 Å². The zero-order valence-corrected chi connectivity index (χ0v) is 27.2. The van der Waals surface area contributed by atoms with E-state index in [0.29, 0.717) is 12.8 Å². The lowest BCUT2D eigenvalue weighted by Crippen LogP contribution is -2.17. The van der Waals surface area contributed by atoms with Gasteiger partial charge in [0.15, 0.2) is 0 Å². The second kappa shape index (κ2) is 32.5. The molecule has 1 unspecified atom stereocenters. The third-order valence-corrected chi connectivity index (χ3v) is 8.40. The number of hydrogen-bond donors (Lipinski definition) is 1. The summed E-state index contributed by atoms with van der Waals surface area (Å²) in [6.07, 6.45) is 37.8. The third-order valence-electron chi connectivity index (χ3n) is 8.40. The lowest BCUT2D eigenvalue weighted by atomic mass is 10.0. The fourth-order valence-electron chi connectivity index (χ4n) is 5.65. The minimum absolute atomic E-state index is 0.000171. The fourth-order valence-corrected chi connectivity index (χ4v) is 5.65. The number of unbranched alkanes of at least 4 members (excludes halogenated alkanes) is 25. The van der Waals surface area contributed by atoms with Gasteiger partial charge in [0, 0.05) is 12.8 Å². The van der Waals surface area contributed by atoms with Gasteiger partial charge >= 0.3 is 11.9 Å². The van der Waals surface area contributed by atoms with Crippen molar-refractivity contribution in [1.29, 1.82) is 0 Å². The largest absolute Gasteiger partial charge is 0.481 e. The first-order valence-electron chi connectivity index (χ1n) is 18.0. The minimum atomic E-state index is -0.684. The van der Waals surface area contributed by atoms with Crippen LogP contribution in [0.5, 0.6) is 0 Å². The highest BCUT2D eigenvalue weighted by Gasteiger charge is 2.12. The van der Waals surface area contributed by atoms with E-state index in [4.69, 9.17) is 9.84 Å². The van der Waals surface area contributed by atoms with Crippen LogP contribution in [0, 0.1) is 0 Å². The molecule has 0 bridgehead atoms. The Hall–Kier alpha value is -1.06. The van der Waals surface area contributed by atoms with Gasteiger partial charge in [-0.3, -0.25) is 9.59 Å². The average Bonchev–Trinajstić information content (AvgIpc) is 2.94. The quantitative estimate of drug-likeness (QED) is 0.0633. The lowest BCUT2D eigenvalue weighted by molar-refractivity contribution is -0.149. The number of hydrogen-bond acceptors (Lipinski definition) is 3. The smallest absolute Gasteiger partial charge is 0.306 e. The van der Waals surface area contributed by atoms with Gasteiger partial charge in [0.25, 0.3) is 0 Å². The van der Waals surface area contributed by atoms with Crippen LogP contribution in [0.15, 0.2) is 0 Å². The number of esters is 1. The van der Waals surface area contributed by atoms with E-state index in [1.165, 1.54) is 135 Å². The summed E-state index contributed by atoms with van der Waals surface area (Å²) in [6, 6.07) is 0. The van der Waals surface area contributed by atoms with Gasteiger partial charge in [-0.2, -0.15) is 0 Å². The summed E-state index contributed by atoms with van der Waals surface area (Å²) in [7, 11) is 0. The Balaban J connectivity index is 3.37. The van der Waals surface area contributed by atoms with Crippen LogP contribution in [-0.4, -0.2) is 23.1 Å². The normalized spacial score (nSPS) is 12.1. The van der Waals surface area contributed by atoms with Crippen LogP contribution in [-0.2, 0) is 14.3 Å². The fraction of sp³-hybridized carbons (Fsp3) is 0.944. The molecule has 0 saturated heterocycles. The van der Waals surface area contributed by atoms with E-state index < -0.39 is 5.97 Å². The Kier molecular flexibility index (Phi) is 31.6. The number of carboxylic acids is 1. The van der Waals surface area contributed by atoms with E-state index in [0.717, 1.165) is 51.4 Å². The Labute approximate surface area is 250 Å². The summed E-state index contributed by atoms with van der Waals surface area (Å²) in [4.78, 5) is 22.7. The molecule has 0 amide bonds. The molecule has 238 valence electrons. The van der Waals surface area contributed by atoms with E-state index in [2.05, 4.69) is 13.8 Å². The van der Waals surface area contributed by atoms with Crippen LogP contribution in [0.25, 0.3) is 0 Å². The zero-order valence-electron chi connectivity index (χ0n) is 27.2. The van der Waals surface area contributed by atoms with Crippen LogP contribution in [0.1, 0.15) is 213 Å². The zero-order chi connectivity index (χ0) is 29.4. The summed E-state index contributed by atoms with van der Waals surface area (Å²) >= 11 is 0. The molecule has 4 nitrogen and oxygen atoms in total. The second-order valence-corrected chi connectivity index (χ2v) is 12.4. The molecule has 1 N–H and O–H groups in total. The SMILES string of the molecule is CCCCCCCCCCCCCCCCCCCCCC(=O)OC(CC)CCCCCCCCCCC(=O)O. The molecule has 0 spiro atoms. The van der Waals surface area contributed by atoms with Gasteiger partial charge in [-0.1, -0.05) is 168 Å². The molecule has 0 fully saturated rings. The van der Waals surface area contributed by atoms with Gasteiger partial charge in [-0.05, 0) is 32.1 Å². The highest BCUT2D eigenvalue weighted by atomic mass is 16.5. The molecule has 0 aromatic rings. The molecular formula is C36H70O4. The average molecular weight is 567 g/mol. The molecule has 0 aromatic heterocycles. The van der Waals surface area contributed by atoms with Crippen LogP contribution < -0.4 is 0 Å². The van der Waals surface area contributed by atoms with Crippen LogP contribution in [0.4, 0.5) is 0 Å². The predicted octanol–water partition coefficient (Wildman–Crippen LogP) is 12.1. The minimum Gasteiger partial charge on any atom is -0.481 e. The van der Waals surface area contributed by atoms with Crippen LogP contribution in [0.2, 0.25) is 0 Å². The van der Waals surface area contributed by atoms with E-state index in [-0.39, 0.29) is 12.1 Å². The molecule has 0 aliphatic carbocycles. The highest BCUT2D eigenvalue weighted by molar-refractivity contribution is 5.69. The van der Waals surface area contributed by atoms with Gasteiger partial charge in [0.05, 0.1) is 0 Å². The summed E-state index contributed by atoms with van der Waals surface area (Å²) < 4.78 is 5.74. The maximum atomic E-state index is 12.2. The Morgan fingerprint density at radius 3 is 1.15 bits per heavy atom. The van der Waals surface area contributed by atoms with Crippen molar-refractivity contribution in [1.82, 2.24) is 0 Å². The van der Waals surface area contributed by atoms with E-state index in [1.54, 1.807) is 0 Å². The van der Waals surface area contributed by atoms with Crippen molar-refractivity contribution in [2.45, 2.75) is 219 Å². The molecule has 40 heavy (non-hydrogen) atoms. The van der Waals surface area contributed by atoms with Crippen molar-refractivity contribution in [3.63, 3.8) is 0 Å². The molecule has 0 heterocycles. The van der Waals surface area contributed by atoms with Crippen LogP contribution in [0.3, 0.4) is 0 Å². The third kappa shape index (κ3) is 31.5. The van der Waals surface area contributed by atoms with Crippen molar-refractivity contribution in [3.8, 4) is 0 Å². The standard InChI is InChI=1S/C36H70O4/c1-3-5-6-7-8-9-10-11-12-13-14-15-16-17-18-19-24-27-30-33-36(39)40-34(4-2)31-28-25-22-20-21-23-26-29-32-35(37)38/h34H,3-33H2,1-2H3,(H,37,38). The van der Waals surface area contributed by atoms with Crippen molar-refractivity contribution in [2.75, 3.05) is 0 Å². The Morgan fingerprint density at radius 1 is 0.475 bits per heavy atom. The number of carbonyl (C=O) groups excluding carboxylic acids is 1. The summed E-state index contributed by atoms with van der Waals surface area (Å²) in [5.41, 5.74) is 0. The molecule has 0 aliphatic heterocycles. The van der Waals surface area contributed by atoms with E-state index >= 15 is 0 Å². The summed E-state index contributed by atoms with van der Waals surface area (Å²) in [6.45, 7) is 4.41. The molecule has 0 aromatic carbocycles. The first-order valence-corrected chi connectivity index (χ1v) is 18.0. The molecular weight excluding hydrogens is 496 g/mol. The monoisotopic (exact) mass is 567 g/mol. The summed E-state index contributed by atoms with van der Waals surface area (Å²) in [5, 5.41) is 8.65. The first kappa shape index (κ1) is 38.9. The van der Waals surface area contributed by atoms with Gasteiger partial charge in [-0.25, -0.2) is 0 Å². The van der Waals surface area contributed by atoms with Crippen molar-refractivity contribution < 1.29 is 19.4 Å². The van der Waals surface area contributed by atoms with Crippen LogP contribution >= 0.6 is 0 Å². The number of ether oxygens (including phenoxy) is 1. The van der Waals surface area contributed by atoms with Gasteiger partial charge in [0.1, 0.15) is 6.10 Å². The molecule has 0 rings (SSSR count). The highest BCUT2D eigenvalue weighted by Crippen LogP contribution is 2.17. The summed E-state index contributed by atoms with van der Waals surface area (Å²) in [5.74, 6) is -0.683. The van der Waals surface area contributed by atoms with Crippen molar-refractivity contribution in [2.24, 2.45) is 0 Å². The number of aliphatic carboxylic acids is 1. The van der Waals surface area contributed by atoms with Gasteiger partial charge in [-0.15, -0.1) is 0 Å². The first-order chi connectivity index (χ1) is 19.6. The topological polar surface area (TPSA) is 63.6 Å². The molecule has 0 radical (unpaired) electrons. The molecule has 0 saturated carbocycles.